The van der Waals surface area contributed by atoms with Crippen molar-refractivity contribution in [1.82, 2.24) is 0 Å². The first-order valence-electron chi connectivity index (χ1n) is 2.97. The Kier molecular flexibility index (Phi) is 1.13. The minimum atomic E-state index is -0.600. The Labute approximate surface area is 66.7 Å². The first-order valence-corrected chi connectivity index (χ1v) is 3.77. The van der Waals surface area contributed by atoms with Crippen molar-refractivity contribution in [2.45, 2.75) is 11.7 Å². The quantitative estimate of drug-likeness (QED) is 0.470. The molecule has 0 aromatic rings. The molecule has 2 unspecified atom stereocenters. The molecule has 2 rings (SSSR count). The average Bonchev–Trinajstić information content (AvgIpc) is 2.62. The second kappa shape index (κ2) is 1.80. The molecule has 0 bridgehead atoms. The van der Waals surface area contributed by atoms with Crippen LogP contribution in [0.3, 0.4) is 0 Å². The zero-order valence-corrected chi connectivity index (χ0v) is 6.67. The summed E-state index contributed by atoms with van der Waals surface area (Å²) in [4.78, 5) is 10.4. The summed E-state index contributed by atoms with van der Waals surface area (Å²) in [6, 6.07) is 0. The number of ether oxygens (including phenoxy) is 1. The minimum absolute atomic E-state index is 0.0237. The van der Waals surface area contributed by atoms with Gasteiger partial charge in [-0.1, -0.05) is 15.9 Å². The highest BCUT2D eigenvalue weighted by Crippen LogP contribution is 2.41. The highest BCUT2D eigenvalue weighted by atomic mass is 79.9. The maximum absolute atomic E-state index is 10.4. The van der Waals surface area contributed by atoms with Gasteiger partial charge in [0.1, 0.15) is 6.10 Å². The first kappa shape index (κ1) is 6.31. The zero-order chi connectivity index (χ0) is 7.19. The second-order valence-electron chi connectivity index (χ2n) is 2.39. The van der Waals surface area contributed by atoms with Gasteiger partial charge in [-0.2, -0.15) is 0 Å². The molecule has 2 atom stereocenters. The third-order valence-electron chi connectivity index (χ3n) is 1.72. The predicted molar refractivity (Wildman–Crippen MR) is 39.8 cm³/mol. The largest absolute Gasteiger partial charge is 0.349 e. The molecule has 1 aliphatic carbocycles. The number of aldehydes is 1. The summed E-state index contributed by atoms with van der Waals surface area (Å²) in [6.45, 7) is 0. The molecule has 1 fully saturated rings. The second-order valence-corrected chi connectivity index (χ2v) is 3.31. The Morgan fingerprint density at radius 1 is 1.80 bits per heavy atom. The molecule has 0 radical (unpaired) electrons. The van der Waals surface area contributed by atoms with E-state index in [1.807, 2.05) is 12.2 Å². The van der Waals surface area contributed by atoms with E-state index in [0.29, 0.717) is 0 Å². The molecular weight excluding hydrogens is 196 g/mol. The Bertz CT molecular complexity index is 244. The third-order valence-corrected chi connectivity index (χ3v) is 2.25. The standard InChI is InChI=1S/C7H5BrO2/c8-5-1-2-7(4-9)6(3-5)10-7/h1-4,6H. The van der Waals surface area contributed by atoms with Crippen LogP contribution in [0.5, 0.6) is 0 Å². The molecule has 2 nitrogen and oxygen atoms in total. The molecule has 3 heteroatoms. The molecule has 10 heavy (non-hydrogen) atoms. The van der Waals surface area contributed by atoms with Crippen molar-refractivity contribution in [3.8, 4) is 0 Å². The summed E-state index contributed by atoms with van der Waals surface area (Å²) in [7, 11) is 0. The molecule has 0 aromatic carbocycles. The smallest absolute Gasteiger partial charge is 0.172 e. The lowest BCUT2D eigenvalue weighted by atomic mass is 10.0. The zero-order valence-electron chi connectivity index (χ0n) is 5.08. The van der Waals surface area contributed by atoms with E-state index in [1.54, 1.807) is 6.08 Å². The molecule has 1 aliphatic heterocycles. The Morgan fingerprint density at radius 2 is 2.60 bits per heavy atom. The van der Waals surface area contributed by atoms with Gasteiger partial charge in [0, 0.05) is 4.48 Å². The Hall–Kier alpha value is -0.410. The van der Waals surface area contributed by atoms with Crippen LogP contribution in [0.4, 0.5) is 0 Å². The van der Waals surface area contributed by atoms with Gasteiger partial charge in [0.2, 0.25) is 0 Å². The van der Waals surface area contributed by atoms with Crippen LogP contribution >= 0.6 is 15.9 Å². The summed E-state index contributed by atoms with van der Waals surface area (Å²) < 4.78 is 6.10. The van der Waals surface area contributed by atoms with Gasteiger partial charge in [-0.15, -0.1) is 0 Å². The summed E-state index contributed by atoms with van der Waals surface area (Å²) in [6.07, 6.45) is 6.30. The van der Waals surface area contributed by atoms with Crippen molar-refractivity contribution < 1.29 is 9.53 Å². The van der Waals surface area contributed by atoms with Gasteiger partial charge in [-0.3, -0.25) is 4.79 Å². The van der Waals surface area contributed by atoms with Crippen molar-refractivity contribution in [3.05, 3.63) is 22.7 Å². The number of carbonyl (C=O) groups excluding carboxylic acids is 1. The summed E-state index contributed by atoms with van der Waals surface area (Å²) >= 11 is 3.29. The van der Waals surface area contributed by atoms with Gasteiger partial charge in [0.15, 0.2) is 11.9 Å². The van der Waals surface area contributed by atoms with Crippen LogP contribution in [0, 0.1) is 0 Å². The summed E-state index contributed by atoms with van der Waals surface area (Å²) in [5.41, 5.74) is -0.600. The van der Waals surface area contributed by atoms with Crippen LogP contribution in [0.1, 0.15) is 0 Å². The molecule has 0 N–H and O–H groups in total. The lowest BCUT2D eigenvalue weighted by Crippen LogP contribution is -2.14. The van der Waals surface area contributed by atoms with E-state index in [9.17, 15) is 4.79 Å². The van der Waals surface area contributed by atoms with Crippen molar-refractivity contribution in [3.63, 3.8) is 0 Å². The highest BCUT2D eigenvalue weighted by molar-refractivity contribution is 9.11. The van der Waals surface area contributed by atoms with E-state index in [4.69, 9.17) is 4.74 Å². The molecule has 0 amide bonds. The molecule has 2 aliphatic rings. The van der Waals surface area contributed by atoms with Crippen LogP contribution in [-0.4, -0.2) is 18.0 Å². The molecule has 1 heterocycles. The summed E-state index contributed by atoms with van der Waals surface area (Å²) in [5.74, 6) is 0. The molecule has 0 saturated carbocycles. The van der Waals surface area contributed by atoms with Gasteiger partial charge in [-0.05, 0) is 18.2 Å². The Balaban J connectivity index is 2.30. The van der Waals surface area contributed by atoms with Gasteiger partial charge in [-0.25, -0.2) is 0 Å². The van der Waals surface area contributed by atoms with Crippen molar-refractivity contribution in [2.75, 3.05) is 0 Å². The van der Waals surface area contributed by atoms with Crippen molar-refractivity contribution >= 4 is 22.2 Å². The SMILES string of the molecule is O=CC12C=CC(Br)=CC1O2. The monoisotopic (exact) mass is 200 g/mol. The van der Waals surface area contributed by atoms with Gasteiger partial charge in [0.05, 0.1) is 0 Å². The summed E-state index contributed by atoms with van der Waals surface area (Å²) in [5, 5.41) is 0. The third kappa shape index (κ3) is 0.707. The van der Waals surface area contributed by atoms with Gasteiger partial charge in [0.25, 0.3) is 0 Å². The van der Waals surface area contributed by atoms with Crippen LogP contribution in [0.2, 0.25) is 0 Å². The van der Waals surface area contributed by atoms with Crippen molar-refractivity contribution in [1.29, 1.82) is 0 Å². The number of carbonyl (C=O) groups is 1. The van der Waals surface area contributed by atoms with E-state index in [2.05, 4.69) is 15.9 Å². The lowest BCUT2D eigenvalue weighted by molar-refractivity contribution is -0.110. The fourth-order valence-electron chi connectivity index (χ4n) is 1.03. The Morgan fingerprint density at radius 3 is 3.20 bits per heavy atom. The van der Waals surface area contributed by atoms with Crippen LogP contribution in [0.15, 0.2) is 22.7 Å². The normalized spacial score (nSPS) is 42.1. The van der Waals surface area contributed by atoms with E-state index >= 15 is 0 Å². The number of hydrogen-bond acceptors (Lipinski definition) is 2. The van der Waals surface area contributed by atoms with E-state index in [1.165, 1.54) is 0 Å². The number of halogens is 1. The number of allylic oxidation sites excluding steroid dienone is 2. The number of fused-ring (bicyclic) bond motifs is 1. The van der Waals surface area contributed by atoms with Gasteiger partial charge < -0.3 is 4.74 Å². The molecule has 0 aromatic heterocycles. The topological polar surface area (TPSA) is 29.6 Å². The molecule has 52 valence electrons. The van der Waals surface area contributed by atoms with E-state index in [0.717, 1.165) is 10.8 Å². The maximum Gasteiger partial charge on any atom is 0.172 e. The molecular formula is C7H5BrO2. The fourth-order valence-corrected chi connectivity index (χ4v) is 1.40. The minimum Gasteiger partial charge on any atom is -0.349 e. The van der Waals surface area contributed by atoms with Crippen LogP contribution < -0.4 is 0 Å². The first-order chi connectivity index (χ1) is 4.77. The predicted octanol–water partition coefficient (Wildman–Crippen LogP) is 1.17. The number of rotatable bonds is 1. The fraction of sp³-hybridized carbons (Fsp3) is 0.286. The van der Waals surface area contributed by atoms with E-state index in [-0.39, 0.29) is 6.10 Å². The number of hydrogen-bond donors (Lipinski definition) is 0. The molecule has 1 saturated heterocycles. The van der Waals surface area contributed by atoms with Gasteiger partial charge >= 0.3 is 0 Å². The average molecular weight is 201 g/mol. The lowest BCUT2D eigenvalue weighted by Gasteiger charge is -1.99. The number of epoxide rings is 1. The van der Waals surface area contributed by atoms with Crippen LogP contribution in [0.25, 0.3) is 0 Å². The highest BCUT2D eigenvalue weighted by Gasteiger charge is 2.54. The van der Waals surface area contributed by atoms with Crippen LogP contribution in [-0.2, 0) is 9.53 Å². The molecule has 0 spiro atoms. The van der Waals surface area contributed by atoms with E-state index < -0.39 is 5.60 Å². The van der Waals surface area contributed by atoms with Crippen molar-refractivity contribution in [2.24, 2.45) is 0 Å². The maximum atomic E-state index is 10.4.